The van der Waals surface area contributed by atoms with Crippen molar-refractivity contribution in [1.82, 2.24) is 5.32 Å². The zero-order valence-corrected chi connectivity index (χ0v) is 5.08. The molecule has 1 rings (SSSR count). The highest BCUT2D eigenvalue weighted by atomic mass is 16.6. The van der Waals surface area contributed by atoms with Crippen LogP contribution in [0.5, 0.6) is 0 Å². The van der Waals surface area contributed by atoms with E-state index < -0.39 is 12.5 Å². The molecule has 0 aromatic carbocycles. The van der Waals surface area contributed by atoms with E-state index in [4.69, 9.17) is 14.9 Å². The lowest BCUT2D eigenvalue weighted by atomic mass is 10.3. The molecule has 1 atom stereocenters. The highest BCUT2D eigenvalue weighted by molar-refractivity contribution is 4.61. The third-order valence-corrected chi connectivity index (χ3v) is 1.23. The summed E-state index contributed by atoms with van der Waals surface area (Å²) in [5.41, 5.74) is 0. The fourth-order valence-electron chi connectivity index (χ4n) is 0.777. The maximum atomic E-state index is 8.55. The van der Waals surface area contributed by atoms with Gasteiger partial charge in [0.1, 0.15) is 0 Å². The Morgan fingerprint density at radius 1 is 1.56 bits per heavy atom. The Bertz CT molecular complexity index is 80.3. The summed E-state index contributed by atoms with van der Waals surface area (Å²) in [5.74, 6) is 0. The quantitative estimate of drug-likeness (QED) is 0.386. The van der Waals surface area contributed by atoms with Crippen LogP contribution in [0.3, 0.4) is 0 Å². The summed E-state index contributed by atoms with van der Waals surface area (Å²) in [6.07, 6.45) is -1.05. The standard InChI is InChI=1S/C5H11NO3/c7-5(8)4-6-2-1-3-9-4/h4-8H,1-3H2. The predicted octanol–water partition coefficient (Wildman–Crippen LogP) is -1.37. The van der Waals surface area contributed by atoms with E-state index in [1.54, 1.807) is 0 Å². The van der Waals surface area contributed by atoms with Gasteiger partial charge in [-0.3, -0.25) is 5.32 Å². The first-order chi connectivity index (χ1) is 4.30. The molecule has 1 saturated heterocycles. The third-order valence-electron chi connectivity index (χ3n) is 1.23. The molecular formula is C5H11NO3. The predicted molar refractivity (Wildman–Crippen MR) is 30.6 cm³/mol. The van der Waals surface area contributed by atoms with Gasteiger partial charge in [0, 0.05) is 0 Å². The van der Waals surface area contributed by atoms with Gasteiger partial charge >= 0.3 is 0 Å². The summed E-state index contributed by atoms with van der Waals surface area (Å²) in [6, 6.07) is 0. The van der Waals surface area contributed by atoms with Gasteiger partial charge in [0.15, 0.2) is 12.5 Å². The Labute approximate surface area is 53.4 Å². The van der Waals surface area contributed by atoms with E-state index in [1.165, 1.54) is 0 Å². The Kier molecular flexibility index (Phi) is 2.41. The van der Waals surface area contributed by atoms with E-state index in [-0.39, 0.29) is 0 Å². The van der Waals surface area contributed by atoms with E-state index in [9.17, 15) is 0 Å². The minimum absolute atomic E-state index is 0.584. The number of ether oxygens (including phenoxy) is 1. The first-order valence-electron chi connectivity index (χ1n) is 3.02. The molecule has 54 valence electrons. The summed E-state index contributed by atoms with van der Waals surface area (Å²) < 4.78 is 4.93. The molecule has 0 aromatic heterocycles. The number of rotatable bonds is 1. The van der Waals surface area contributed by atoms with Crippen molar-refractivity contribution >= 4 is 0 Å². The second-order valence-electron chi connectivity index (χ2n) is 2.01. The molecule has 0 radical (unpaired) electrons. The van der Waals surface area contributed by atoms with Crippen LogP contribution >= 0.6 is 0 Å². The molecule has 3 N–H and O–H groups in total. The first-order valence-corrected chi connectivity index (χ1v) is 3.02. The molecule has 0 saturated carbocycles. The molecule has 0 spiro atoms. The summed E-state index contributed by atoms with van der Waals surface area (Å²) in [4.78, 5) is 0. The summed E-state index contributed by atoms with van der Waals surface area (Å²) >= 11 is 0. The number of aliphatic hydroxyl groups is 2. The summed E-state index contributed by atoms with van der Waals surface area (Å²) in [7, 11) is 0. The number of aliphatic hydroxyl groups excluding tert-OH is 1. The van der Waals surface area contributed by atoms with Crippen LogP contribution in [0.25, 0.3) is 0 Å². The lowest BCUT2D eigenvalue weighted by Gasteiger charge is -2.24. The topological polar surface area (TPSA) is 61.7 Å². The van der Waals surface area contributed by atoms with Crippen molar-refractivity contribution in [2.24, 2.45) is 0 Å². The number of hydrogen-bond acceptors (Lipinski definition) is 4. The lowest BCUT2D eigenvalue weighted by molar-refractivity contribution is -0.167. The molecule has 1 aliphatic heterocycles. The average Bonchev–Trinajstić information content (AvgIpc) is 1.90. The molecule has 0 bridgehead atoms. The second kappa shape index (κ2) is 3.12. The molecular weight excluding hydrogens is 122 g/mol. The molecule has 1 heterocycles. The third kappa shape index (κ3) is 1.91. The maximum absolute atomic E-state index is 8.55. The second-order valence-corrected chi connectivity index (χ2v) is 2.01. The molecule has 9 heavy (non-hydrogen) atoms. The zero-order valence-electron chi connectivity index (χ0n) is 5.08. The van der Waals surface area contributed by atoms with Crippen molar-refractivity contribution in [2.45, 2.75) is 18.9 Å². The SMILES string of the molecule is OC(O)C1NCCCO1. The van der Waals surface area contributed by atoms with E-state index in [1.807, 2.05) is 0 Å². The van der Waals surface area contributed by atoms with Gasteiger partial charge in [-0.25, -0.2) is 0 Å². The Morgan fingerprint density at radius 2 is 2.33 bits per heavy atom. The average molecular weight is 133 g/mol. The van der Waals surface area contributed by atoms with Crippen LogP contribution in [-0.2, 0) is 4.74 Å². The molecule has 1 aliphatic rings. The largest absolute Gasteiger partial charge is 0.365 e. The summed E-state index contributed by atoms with van der Waals surface area (Å²) in [6.45, 7) is 1.40. The van der Waals surface area contributed by atoms with Crippen molar-refractivity contribution in [2.75, 3.05) is 13.2 Å². The first kappa shape index (κ1) is 6.95. The van der Waals surface area contributed by atoms with Crippen molar-refractivity contribution in [3.05, 3.63) is 0 Å². The van der Waals surface area contributed by atoms with Gasteiger partial charge in [0.05, 0.1) is 6.61 Å². The normalized spacial score (nSPS) is 29.0. The molecule has 1 unspecified atom stereocenters. The Balaban J connectivity index is 2.23. The van der Waals surface area contributed by atoms with Gasteiger partial charge in [-0.05, 0) is 13.0 Å². The Hall–Kier alpha value is -0.160. The highest BCUT2D eigenvalue weighted by Gasteiger charge is 2.18. The molecule has 0 amide bonds. The molecule has 0 aliphatic carbocycles. The fraction of sp³-hybridized carbons (Fsp3) is 1.00. The maximum Gasteiger partial charge on any atom is 0.192 e. The van der Waals surface area contributed by atoms with Gasteiger partial charge in [-0.15, -0.1) is 0 Å². The van der Waals surface area contributed by atoms with E-state index in [2.05, 4.69) is 5.32 Å². The van der Waals surface area contributed by atoms with Gasteiger partial charge in [0.2, 0.25) is 0 Å². The van der Waals surface area contributed by atoms with Crippen molar-refractivity contribution in [3.63, 3.8) is 0 Å². The van der Waals surface area contributed by atoms with E-state index >= 15 is 0 Å². The van der Waals surface area contributed by atoms with Crippen LogP contribution < -0.4 is 5.32 Å². The van der Waals surface area contributed by atoms with Gasteiger partial charge < -0.3 is 14.9 Å². The van der Waals surface area contributed by atoms with Crippen LogP contribution in [0.2, 0.25) is 0 Å². The molecule has 4 nitrogen and oxygen atoms in total. The van der Waals surface area contributed by atoms with Crippen LogP contribution in [0, 0.1) is 0 Å². The minimum Gasteiger partial charge on any atom is -0.365 e. The van der Waals surface area contributed by atoms with Crippen LogP contribution in [0.1, 0.15) is 6.42 Å². The lowest BCUT2D eigenvalue weighted by Crippen LogP contribution is -2.46. The van der Waals surface area contributed by atoms with Crippen molar-refractivity contribution < 1.29 is 14.9 Å². The molecule has 1 fully saturated rings. The number of hydrogen-bond donors (Lipinski definition) is 3. The molecule has 4 heteroatoms. The van der Waals surface area contributed by atoms with Gasteiger partial charge in [-0.1, -0.05) is 0 Å². The summed E-state index contributed by atoms with van der Waals surface area (Å²) in [5, 5.41) is 19.9. The van der Waals surface area contributed by atoms with E-state index in [0.717, 1.165) is 13.0 Å². The van der Waals surface area contributed by atoms with Crippen LogP contribution in [0.15, 0.2) is 0 Å². The van der Waals surface area contributed by atoms with Crippen LogP contribution in [0.4, 0.5) is 0 Å². The van der Waals surface area contributed by atoms with Gasteiger partial charge in [0.25, 0.3) is 0 Å². The smallest absolute Gasteiger partial charge is 0.192 e. The molecule has 0 aromatic rings. The minimum atomic E-state index is -1.40. The monoisotopic (exact) mass is 133 g/mol. The van der Waals surface area contributed by atoms with Crippen molar-refractivity contribution in [3.8, 4) is 0 Å². The highest BCUT2D eigenvalue weighted by Crippen LogP contribution is 1.99. The van der Waals surface area contributed by atoms with Crippen LogP contribution in [-0.4, -0.2) is 35.9 Å². The van der Waals surface area contributed by atoms with Crippen molar-refractivity contribution in [1.29, 1.82) is 0 Å². The fourth-order valence-corrected chi connectivity index (χ4v) is 0.777. The van der Waals surface area contributed by atoms with Gasteiger partial charge in [-0.2, -0.15) is 0 Å². The van der Waals surface area contributed by atoms with E-state index in [0.29, 0.717) is 6.61 Å². The Morgan fingerprint density at radius 3 is 2.67 bits per heavy atom. The number of nitrogens with one attached hydrogen (secondary N) is 1. The zero-order chi connectivity index (χ0) is 6.69.